The van der Waals surface area contributed by atoms with Crippen molar-refractivity contribution in [2.24, 2.45) is 0 Å². The van der Waals surface area contributed by atoms with Crippen LogP contribution in [0.1, 0.15) is 39.5 Å². The van der Waals surface area contributed by atoms with E-state index in [1.54, 1.807) is 0 Å². The van der Waals surface area contributed by atoms with Gasteiger partial charge in [0.15, 0.2) is 0 Å². The molecule has 0 unspecified atom stereocenters. The number of unbranched alkanes of at least 4 members (excludes halogenated alkanes) is 2. The fourth-order valence-corrected chi connectivity index (χ4v) is 1.34. The van der Waals surface area contributed by atoms with Crippen LogP contribution >= 0.6 is 0 Å². The molecule has 0 spiro atoms. The molecule has 0 radical (unpaired) electrons. The molecule has 0 heterocycles. The standard InChI is InChI=1S/C16H28O6/c1-4-6-8-19-10-12-21-15(17)14(3)16(18)22-13-11-20-9-7-5-2/h3-13H2,1-2H3. The summed E-state index contributed by atoms with van der Waals surface area (Å²) in [5.41, 5.74) is -0.317. The topological polar surface area (TPSA) is 71.1 Å². The van der Waals surface area contributed by atoms with E-state index in [4.69, 9.17) is 18.9 Å². The number of carbonyl (C=O) groups is 2. The summed E-state index contributed by atoms with van der Waals surface area (Å²) in [6, 6.07) is 0. The first kappa shape index (κ1) is 20.6. The molecule has 22 heavy (non-hydrogen) atoms. The van der Waals surface area contributed by atoms with Gasteiger partial charge in [0, 0.05) is 13.2 Å². The van der Waals surface area contributed by atoms with Gasteiger partial charge in [0.25, 0.3) is 0 Å². The zero-order valence-electron chi connectivity index (χ0n) is 13.7. The van der Waals surface area contributed by atoms with Gasteiger partial charge in [-0.1, -0.05) is 33.3 Å². The third-order valence-corrected chi connectivity index (χ3v) is 2.70. The Labute approximate surface area is 132 Å². The second kappa shape index (κ2) is 14.5. The third-order valence-electron chi connectivity index (χ3n) is 2.70. The minimum absolute atomic E-state index is 0.0922. The molecule has 0 bridgehead atoms. The van der Waals surface area contributed by atoms with Crippen molar-refractivity contribution in [3.8, 4) is 0 Å². The SMILES string of the molecule is C=C(C(=O)OCCOCCCC)C(=O)OCCOCCCC. The minimum atomic E-state index is -0.781. The molecule has 0 saturated heterocycles. The van der Waals surface area contributed by atoms with Crippen LogP contribution in [0.15, 0.2) is 12.2 Å². The molecular formula is C16H28O6. The van der Waals surface area contributed by atoms with E-state index < -0.39 is 11.9 Å². The quantitative estimate of drug-likeness (QED) is 0.161. The van der Waals surface area contributed by atoms with Crippen LogP contribution in [-0.4, -0.2) is 51.6 Å². The van der Waals surface area contributed by atoms with E-state index in [0.29, 0.717) is 26.4 Å². The number of rotatable bonds is 14. The molecule has 6 heteroatoms. The molecule has 0 aromatic carbocycles. The molecule has 0 N–H and O–H groups in total. The largest absolute Gasteiger partial charge is 0.459 e. The number of esters is 2. The lowest BCUT2D eigenvalue weighted by Gasteiger charge is -2.08. The highest BCUT2D eigenvalue weighted by molar-refractivity contribution is 6.13. The Bertz CT molecular complexity index is 297. The van der Waals surface area contributed by atoms with Gasteiger partial charge in [-0.2, -0.15) is 0 Å². The predicted molar refractivity (Wildman–Crippen MR) is 82.5 cm³/mol. The Morgan fingerprint density at radius 1 is 0.727 bits per heavy atom. The molecule has 0 saturated carbocycles. The Hall–Kier alpha value is -1.40. The molecule has 0 aromatic rings. The second-order valence-corrected chi connectivity index (χ2v) is 4.68. The number of ether oxygens (including phenoxy) is 4. The smallest absolute Gasteiger partial charge is 0.345 e. The van der Waals surface area contributed by atoms with Crippen molar-refractivity contribution in [2.75, 3.05) is 39.6 Å². The van der Waals surface area contributed by atoms with Crippen molar-refractivity contribution in [3.63, 3.8) is 0 Å². The molecule has 0 atom stereocenters. The molecule has 0 amide bonds. The van der Waals surface area contributed by atoms with Crippen LogP contribution in [0.25, 0.3) is 0 Å². The van der Waals surface area contributed by atoms with Gasteiger partial charge < -0.3 is 18.9 Å². The Kier molecular flexibility index (Phi) is 13.6. The normalized spacial score (nSPS) is 10.3. The van der Waals surface area contributed by atoms with Crippen molar-refractivity contribution >= 4 is 11.9 Å². The lowest BCUT2D eigenvalue weighted by atomic mass is 10.3. The first-order valence-corrected chi connectivity index (χ1v) is 7.82. The van der Waals surface area contributed by atoms with Crippen molar-refractivity contribution in [1.82, 2.24) is 0 Å². The Morgan fingerprint density at radius 2 is 1.14 bits per heavy atom. The molecule has 0 rings (SSSR count). The zero-order chi connectivity index (χ0) is 16.6. The lowest BCUT2D eigenvalue weighted by molar-refractivity contribution is -0.148. The fourth-order valence-electron chi connectivity index (χ4n) is 1.34. The predicted octanol–water partition coefficient (Wildman–Crippen LogP) is 2.26. The summed E-state index contributed by atoms with van der Waals surface area (Å²) in [7, 11) is 0. The molecule has 0 aliphatic rings. The van der Waals surface area contributed by atoms with E-state index >= 15 is 0 Å². The van der Waals surface area contributed by atoms with Crippen molar-refractivity contribution in [2.45, 2.75) is 39.5 Å². The molecule has 0 aliphatic carbocycles. The lowest BCUT2D eigenvalue weighted by Crippen LogP contribution is -2.20. The van der Waals surface area contributed by atoms with Gasteiger partial charge in [-0.3, -0.25) is 0 Å². The zero-order valence-corrected chi connectivity index (χ0v) is 13.7. The van der Waals surface area contributed by atoms with Gasteiger partial charge in [-0.05, 0) is 12.8 Å². The maximum absolute atomic E-state index is 11.5. The highest BCUT2D eigenvalue weighted by Crippen LogP contribution is 1.99. The maximum Gasteiger partial charge on any atom is 0.345 e. The summed E-state index contributed by atoms with van der Waals surface area (Å²) in [5, 5.41) is 0. The third kappa shape index (κ3) is 11.3. The van der Waals surface area contributed by atoms with Crippen LogP contribution in [0.2, 0.25) is 0 Å². The molecule has 128 valence electrons. The number of hydrogen-bond acceptors (Lipinski definition) is 6. The average molecular weight is 316 g/mol. The van der Waals surface area contributed by atoms with Crippen LogP contribution in [0, 0.1) is 0 Å². The monoisotopic (exact) mass is 316 g/mol. The minimum Gasteiger partial charge on any atom is -0.459 e. The van der Waals surface area contributed by atoms with Crippen molar-refractivity contribution in [3.05, 3.63) is 12.2 Å². The highest BCUT2D eigenvalue weighted by Gasteiger charge is 2.18. The van der Waals surface area contributed by atoms with Crippen molar-refractivity contribution < 1.29 is 28.5 Å². The summed E-state index contributed by atoms with van der Waals surface area (Å²) in [6.45, 7) is 9.57. The summed E-state index contributed by atoms with van der Waals surface area (Å²) in [5.74, 6) is -1.56. The van der Waals surface area contributed by atoms with E-state index in [9.17, 15) is 9.59 Å². The molecule has 0 aliphatic heterocycles. The van der Waals surface area contributed by atoms with Crippen LogP contribution < -0.4 is 0 Å². The molecular weight excluding hydrogens is 288 g/mol. The van der Waals surface area contributed by atoms with Crippen LogP contribution in [0.3, 0.4) is 0 Å². The van der Waals surface area contributed by atoms with Gasteiger partial charge in [0.05, 0.1) is 13.2 Å². The molecule has 0 aromatic heterocycles. The molecule has 6 nitrogen and oxygen atoms in total. The Morgan fingerprint density at radius 3 is 1.50 bits per heavy atom. The van der Waals surface area contributed by atoms with Crippen LogP contribution in [0.4, 0.5) is 0 Å². The first-order valence-electron chi connectivity index (χ1n) is 7.82. The fraction of sp³-hybridized carbons (Fsp3) is 0.750. The van der Waals surface area contributed by atoms with Gasteiger partial charge in [-0.25, -0.2) is 9.59 Å². The average Bonchev–Trinajstić information content (AvgIpc) is 2.52. The summed E-state index contributed by atoms with van der Waals surface area (Å²) >= 11 is 0. The highest BCUT2D eigenvalue weighted by atomic mass is 16.6. The summed E-state index contributed by atoms with van der Waals surface area (Å²) in [6.07, 6.45) is 4.02. The summed E-state index contributed by atoms with van der Waals surface area (Å²) in [4.78, 5) is 23.1. The van der Waals surface area contributed by atoms with Gasteiger partial charge >= 0.3 is 11.9 Å². The number of carbonyl (C=O) groups excluding carboxylic acids is 2. The van der Waals surface area contributed by atoms with Gasteiger partial charge in [0.1, 0.15) is 18.8 Å². The summed E-state index contributed by atoms with van der Waals surface area (Å²) < 4.78 is 20.2. The van der Waals surface area contributed by atoms with E-state index in [0.717, 1.165) is 25.7 Å². The molecule has 0 fully saturated rings. The second-order valence-electron chi connectivity index (χ2n) is 4.68. The van der Waals surface area contributed by atoms with Crippen molar-refractivity contribution in [1.29, 1.82) is 0 Å². The van der Waals surface area contributed by atoms with E-state index in [2.05, 4.69) is 20.4 Å². The van der Waals surface area contributed by atoms with E-state index in [1.165, 1.54) is 0 Å². The van der Waals surface area contributed by atoms with E-state index in [1.807, 2.05) is 0 Å². The maximum atomic E-state index is 11.5. The van der Waals surface area contributed by atoms with E-state index in [-0.39, 0.29) is 18.8 Å². The Balaban J connectivity index is 3.65. The van der Waals surface area contributed by atoms with Crippen LogP contribution in [0.5, 0.6) is 0 Å². The van der Waals surface area contributed by atoms with Gasteiger partial charge in [0.2, 0.25) is 0 Å². The number of hydrogen-bond donors (Lipinski definition) is 0. The van der Waals surface area contributed by atoms with Crippen LogP contribution in [-0.2, 0) is 28.5 Å². The first-order chi connectivity index (χ1) is 10.6. The van der Waals surface area contributed by atoms with Gasteiger partial charge in [-0.15, -0.1) is 0 Å².